The third kappa shape index (κ3) is 3.15. The normalized spacial score (nSPS) is 12.3. The molecule has 0 saturated heterocycles. The van der Waals surface area contributed by atoms with Gasteiger partial charge in [0, 0.05) is 5.02 Å². The van der Waals surface area contributed by atoms with Gasteiger partial charge in [0.25, 0.3) is 0 Å². The largest absolute Gasteiger partial charge is 0.324 e. The van der Waals surface area contributed by atoms with E-state index in [0.717, 1.165) is 0 Å². The molecule has 1 N–H and O–H groups in total. The van der Waals surface area contributed by atoms with E-state index in [0.29, 0.717) is 15.7 Å². The lowest BCUT2D eigenvalue weighted by Gasteiger charge is -2.08. The van der Waals surface area contributed by atoms with E-state index in [-0.39, 0.29) is 10.7 Å². The molecule has 1 atom stereocenters. The lowest BCUT2D eigenvalue weighted by molar-refractivity contribution is -0.115. The second-order valence-electron chi connectivity index (χ2n) is 2.73. The van der Waals surface area contributed by atoms with Crippen molar-refractivity contribution in [2.24, 2.45) is 0 Å². The van der Waals surface area contributed by atoms with Crippen LogP contribution in [0.3, 0.4) is 0 Å². The zero-order chi connectivity index (χ0) is 10.7. The van der Waals surface area contributed by atoms with E-state index in [1.807, 2.05) is 0 Å². The van der Waals surface area contributed by atoms with Gasteiger partial charge in [0.2, 0.25) is 5.91 Å². The highest BCUT2D eigenvalue weighted by Gasteiger charge is 2.10. The maximum atomic E-state index is 11.3. The van der Waals surface area contributed by atoms with Gasteiger partial charge < -0.3 is 5.32 Å². The first-order valence-electron chi connectivity index (χ1n) is 3.90. The molecule has 0 unspecified atom stereocenters. The van der Waals surface area contributed by atoms with Crippen molar-refractivity contribution in [3.63, 3.8) is 0 Å². The minimum Gasteiger partial charge on any atom is -0.324 e. The van der Waals surface area contributed by atoms with Crippen LogP contribution in [0.4, 0.5) is 5.69 Å². The van der Waals surface area contributed by atoms with Crippen LogP contribution in [0.5, 0.6) is 0 Å². The van der Waals surface area contributed by atoms with Gasteiger partial charge in [-0.1, -0.05) is 39.1 Å². The molecule has 0 heterocycles. The highest BCUT2D eigenvalue weighted by molar-refractivity contribution is 9.10. The molecule has 0 fully saturated rings. The molecule has 0 saturated carbocycles. The molecule has 5 heteroatoms. The summed E-state index contributed by atoms with van der Waals surface area (Å²) in [7, 11) is 0. The van der Waals surface area contributed by atoms with E-state index in [1.54, 1.807) is 25.1 Å². The number of hydrogen-bond donors (Lipinski definition) is 1. The first-order valence-corrected chi connectivity index (χ1v) is 5.58. The van der Waals surface area contributed by atoms with Gasteiger partial charge in [-0.25, -0.2) is 0 Å². The number of carbonyl (C=O) groups is 1. The van der Waals surface area contributed by atoms with Crippen LogP contribution in [-0.2, 0) is 4.79 Å². The third-order valence-electron chi connectivity index (χ3n) is 1.55. The molecule has 0 radical (unpaired) electrons. The van der Waals surface area contributed by atoms with E-state index in [9.17, 15) is 4.79 Å². The van der Waals surface area contributed by atoms with Gasteiger partial charge in [-0.3, -0.25) is 4.79 Å². The minimum atomic E-state index is -0.255. The Morgan fingerprint density at radius 2 is 2.14 bits per heavy atom. The van der Waals surface area contributed by atoms with Gasteiger partial charge in [-0.2, -0.15) is 0 Å². The highest BCUT2D eigenvalue weighted by Crippen LogP contribution is 2.25. The van der Waals surface area contributed by atoms with E-state index in [4.69, 9.17) is 23.2 Å². The maximum absolute atomic E-state index is 11.3. The van der Waals surface area contributed by atoms with Crippen LogP contribution in [0.2, 0.25) is 10.0 Å². The quantitative estimate of drug-likeness (QED) is 0.828. The van der Waals surface area contributed by atoms with Crippen LogP contribution in [0, 0.1) is 0 Å². The van der Waals surface area contributed by atoms with Crippen molar-refractivity contribution in [3.8, 4) is 0 Å². The van der Waals surface area contributed by atoms with E-state index in [2.05, 4.69) is 21.2 Å². The number of nitrogens with one attached hydrogen (secondary N) is 1. The first-order chi connectivity index (χ1) is 6.50. The highest BCUT2D eigenvalue weighted by atomic mass is 79.9. The fourth-order valence-electron chi connectivity index (χ4n) is 0.823. The number of halogens is 3. The number of carbonyl (C=O) groups excluding carboxylic acids is 1. The molecular formula is C9H8BrCl2NO. The Balaban J connectivity index is 2.82. The molecule has 0 aliphatic heterocycles. The molecule has 0 aromatic heterocycles. The van der Waals surface area contributed by atoms with Crippen molar-refractivity contribution in [1.82, 2.24) is 0 Å². The monoisotopic (exact) mass is 295 g/mol. The number of alkyl halides is 1. The van der Waals surface area contributed by atoms with Crippen LogP contribution in [0.25, 0.3) is 0 Å². The van der Waals surface area contributed by atoms with Crippen molar-refractivity contribution in [3.05, 3.63) is 28.2 Å². The van der Waals surface area contributed by atoms with Crippen LogP contribution in [0.15, 0.2) is 18.2 Å². The summed E-state index contributed by atoms with van der Waals surface area (Å²) in [6.07, 6.45) is 0. The standard InChI is InChI=1S/C9H8BrCl2NO/c1-5(10)9(14)13-8-3-2-6(11)4-7(8)12/h2-5H,1H3,(H,13,14)/t5-/m1/s1. The van der Waals surface area contributed by atoms with Crippen LogP contribution in [-0.4, -0.2) is 10.7 Å². The van der Waals surface area contributed by atoms with Crippen molar-refractivity contribution < 1.29 is 4.79 Å². The fourth-order valence-corrected chi connectivity index (χ4v) is 1.39. The van der Waals surface area contributed by atoms with Gasteiger partial charge in [0.15, 0.2) is 0 Å². The summed E-state index contributed by atoms with van der Waals surface area (Å²) in [5.41, 5.74) is 0.562. The summed E-state index contributed by atoms with van der Waals surface area (Å²) in [4.78, 5) is 11.0. The molecule has 1 rings (SSSR count). The summed E-state index contributed by atoms with van der Waals surface area (Å²) in [5.74, 6) is -0.144. The SMILES string of the molecule is C[C@@H](Br)C(=O)Nc1ccc(Cl)cc1Cl. The zero-order valence-electron chi connectivity index (χ0n) is 7.35. The summed E-state index contributed by atoms with van der Waals surface area (Å²) in [5, 5.41) is 3.63. The summed E-state index contributed by atoms with van der Waals surface area (Å²) >= 11 is 14.7. The molecular weight excluding hydrogens is 289 g/mol. The molecule has 1 aromatic carbocycles. The van der Waals surface area contributed by atoms with Gasteiger partial charge in [0.05, 0.1) is 15.5 Å². The molecule has 0 aliphatic rings. The zero-order valence-corrected chi connectivity index (χ0v) is 10.4. The molecule has 2 nitrogen and oxygen atoms in total. The average molecular weight is 297 g/mol. The Hall–Kier alpha value is -0.250. The van der Waals surface area contributed by atoms with Crippen molar-refractivity contribution >= 4 is 50.7 Å². The molecule has 14 heavy (non-hydrogen) atoms. The van der Waals surface area contributed by atoms with Gasteiger partial charge in [-0.15, -0.1) is 0 Å². The van der Waals surface area contributed by atoms with Crippen LogP contribution >= 0.6 is 39.1 Å². The predicted octanol–water partition coefficient (Wildman–Crippen LogP) is 3.72. The maximum Gasteiger partial charge on any atom is 0.237 e. The van der Waals surface area contributed by atoms with Crippen molar-refractivity contribution in [1.29, 1.82) is 0 Å². The number of rotatable bonds is 2. The molecule has 0 spiro atoms. The topological polar surface area (TPSA) is 29.1 Å². The Morgan fingerprint density at radius 3 is 2.64 bits per heavy atom. The van der Waals surface area contributed by atoms with E-state index < -0.39 is 0 Å². The van der Waals surface area contributed by atoms with Gasteiger partial charge >= 0.3 is 0 Å². The first kappa shape index (κ1) is 11.8. The second-order valence-corrected chi connectivity index (χ2v) is 4.95. The molecule has 0 aliphatic carbocycles. The van der Waals surface area contributed by atoms with E-state index in [1.165, 1.54) is 0 Å². The average Bonchev–Trinajstić information content (AvgIpc) is 2.09. The van der Waals surface area contributed by atoms with Crippen molar-refractivity contribution in [2.45, 2.75) is 11.8 Å². The summed E-state index contributed by atoms with van der Waals surface area (Å²) in [6, 6.07) is 4.91. The molecule has 1 aromatic rings. The molecule has 0 bridgehead atoms. The molecule has 76 valence electrons. The Kier molecular flexibility index (Phi) is 4.23. The lowest BCUT2D eigenvalue weighted by Crippen LogP contribution is -2.19. The smallest absolute Gasteiger partial charge is 0.237 e. The minimum absolute atomic E-state index is 0.144. The predicted molar refractivity (Wildman–Crippen MR) is 63.5 cm³/mol. The number of amides is 1. The number of hydrogen-bond acceptors (Lipinski definition) is 1. The summed E-state index contributed by atoms with van der Waals surface area (Å²) in [6.45, 7) is 1.74. The molecule has 1 amide bonds. The van der Waals surface area contributed by atoms with Gasteiger partial charge in [-0.05, 0) is 25.1 Å². The van der Waals surface area contributed by atoms with E-state index >= 15 is 0 Å². The Morgan fingerprint density at radius 1 is 1.50 bits per heavy atom. The van der Waals surface area contributed by atoms with Crippen molar-refractivity contribution in [2.75, 3.05) is 5.32 Å². The number of benzene rings is 1. The second kappa shape index (κ2) is 5.01. The van der Waals surface area contributed by atoms with Gasteiger partial charge in [0.1, 0.15) is 0 Å². The fraction of sp³-hybridized carbons (Fsp3) is 0.222. The summed E-state index contributed by atoms with van der Waals surface area (Å²) < 4.78 is 0. The van der Waals surface area contributed by atoms with Crippen LogP contribution < -0.4 is 5.32 Å². The number of anilines is 1. The van der Waals surface area contributed by atoms with Crippen LogP contribution in [0.1, 0.15) is 6.92 Å². The lowest BCUT2D eigenvalue weighted by atomic mass is 10.3. The third-order valence-corrected chi connectivity index (χ3v) is 2.51. The Bertz CT molecular complexity index is 355. The Labute approximate surface area is 101 Å².